The fraction of sp³-hybridized carbons (Fsp3) is 0.0345. The summed E-state index contributed by atoms with van der Waals surface area (Å²) in [6, 6.07) is 16.3. The molecule has 0 unspecified atom stereocenters. The summed E-state index contributed by atoms with van der Waals surface area (Å²) >= 11 is 0. The van der Waals surface area contributed by atoms with Crippen LogP contribution in [0.25, 0.3) is 10.8 Å². The Bertz CT molecular complexity index is 1490. The molecule has 0 N–H and O–H groups in total. The summed E-state index contributed by atoms with van der Waals surface area (Å²) < 4.78 is 60.4. The van der Waals surface area contributed by atoms with Crippen LogP contribution in [0.3, 0.4) is 0 Å². The van der Waals surface area contributed by atoms with Gasteiger partial charge in [0, 0.05) is 28.8 Å². The summed E-state index contributed by atoms with van der Waals surface area (Å²) in [6.07, 6.45) is 1.47. The lowest BCUT2D eigenvalue weighted by molar-refractivity contribution is 0.358. The molecule has 4 aromatic rings. The van der Waals surface area contributed by atoms with Crippen LogP contribution in [0.2, 0.25) is 0 Å². The summed E-state index contributed by atoms with van der Waals surface area (Å²) in [5.74, 6) is 7.85. The van der Waals surface area contributed by atoms with E-state index in [9.17, 15) is 17.6 Å². The van der Waals surface area contributed by atoms with E-state index < -0.39 is 23.3 Å². The second kappa shape index (κ2) is 9.98. The Morgan fingerprint density at radius 3 is 1.76 bits per heavy atom. The SMILES string of the molecule is C=CCOc1cc(F)c(C#Cc2ccc(C#Cc3ccc4cc(F)c(F)cc4c3)cc2)c(F)c1. The molecule has 0 aliphatic carbocycles. The number of benzene rings is 4. The zero-order valence-corrected chi connectivity index (χ0v) is 17.8. The smallest absolute Gasteiger partial charge is 0.159 e. The van der Waals surface area contributed by atoms with Gasteiger partial charge < -0.3 is 4.74 Å². The normalized spacial score (nSPS) is 10.1. The quantitative estimate of drug-likeness (QED) is 0.188. The van der Waals surface area contributed by atoms with E-state index in [1.54, 1.807) is 42.5 Å². The molecule has 0 bridgehead atoms. The van der Waals surface area contributed by atoms with E-state index in [1.807, 2.05) is 0 Å². The number of halogens is 4. The molecule has 0 heterocycles. The molecule has 0 aliphatic heterocycles. The first-order valence-corrected chi connectivity index (χ1v) is 10.2. The van der Waals surface area contributed by atoms with E-state index in [-0.39, 0.29) is 17.9 Å². The lowest BCUT2D eigenvalue weighted by Crippen LogP contribution is -1.97. The summed E-state index contributed by atoms with van der Waals surface area (Å²) in [5, 5.41) is 1.13. The molecular weight excluding hydrogens is 440 g/mol. The second-order valence-corrected chi connectivity index (χ2v) is 7.27. The molecule has 166 valence electrons. The average molecular weight is 456 g/mol. The molecule has 0 atom stereocenters. The highest BCUT2D eigenvalue weighted by Gasteiger charge is 2.10. The van der Waals surface area contributed by atoms with E-state index in [0.29, 0.717) is 27.5 Å². The van der Waals surface area contributed by atoms with Crippen molar-refractivity contribution in [3.63, 3.8) is 0 Å². The molecule has 4 aromatic carbocycles. The van der Waals surface area contributed by atoms with Crippen molar-refractivity contribution in [2.45, 2.75) is 0 Å². The third kappa shape index (κ3) is 5.28. The highest BCUT2D eigenvalue weighted by Crippen LogP contribution is 2.21. The predicted molar refractivity (Wildman–Crippen MR) is 124 cm³/mol. The number of hydrogen-bond acceptors (Lipinski definition) is 1. The van der Waals surface area contributed by atoms with Gasteiger partial charge in [0.2, 0.25) is 0 Å². The predicted octanol–water partition coefficient (Wildman–Crippen LogP) is 6.76. The lowest BCUT2D eigenvalue weighted by Gasteiger charge is -2.05. The van der Waals surface area contributed by atoms with Gasteiger partial charge >= 0.3 is 0 Å². The van der Waals surface area contributed by atoms with Gasteiger partial charge in [0.1, 0.15) is 24.0 Å². The van der Waals surface area contributed by atoms with Crippen LogP contribution in [-0.4, -0.2) is 6.61 Å². The summed E-state index contributed by atoms with van der Waals surface area (Å²) in [6.45, 7) is 3.62. The number of rotatable bonds is 3. The van der Waals surface area contributed by atoms with Gasteiger partial charge in [-0.15, -0.1) is 0 Å². The van der Waals surface area contributed by atoms with Gasteiger partial charge in [-0.25, -0.2) is 17.6 Å². The van der Waals surface area contributed by atoms with Crippen LogP contribution in [0.5, 0.6) is 5.75 Å². The van der Waals surface area contributed by atoms with Crippen LogP contribution in [-0.2, 0) is 0 Å². The summed E-state index contributed by atoms with van der Waals surface area (Å²) in [4.78, 5) is 0. The lowest BCUT2D eigenvalue weighted by atomic mass is 10.1. The van der Waals surface area contributed by atoms with Crippen molar-refractivity contribution >= 4 is 10.8 Å². The molecule has 1 nitrogen and oxygen atoms in total. The molecule has 0 fully saturated rings. The van der Waals surface area contributed by atoms with Crippen LogP contribution in [0.15, 0.2) is 79.4 Å². The van der Waals surface area contributed by atoms with E-state index in [1.165, 1.54) is 6.08 Å². The largest absolute Gasteiger partial charge is 0.489 e. The van der Waals surface area contributed by atoms with Gasteiger partial charge in [0.25, 0.3) is 0 Å². The Morgan fingerprint density at radius 2 is 1.15 bits per heavy atom. The Morgan fingerprint density at radius 1 is 0.618 bits per heavy atom. The Kier molecular flexibility index (Phi) is 6.67. The fourth-order valence-electron chi connectivity index (χ4n) is 3.14. The van der Waals surface area contributed by atoms with Crippen molar-refractivity contribution < 1.29 is 22.3 Å². The van der Waals surface area contributed by atoms with Crippen LogP contribution >= 0.6 is 0 Å². The minimum Gasteiger partial charge on any atom is -0.489 e. The fourth-order valence-corrected chi connectivity index (χ4v) is 3.14. The van der Waals surface area contributed by atoms with E-state index in [2.05, 4.69) is 30.3 Å². The molecule has 0 radical (unpaired) electrons. The van der Waals surface area contributed by atoms with Gasteiger partial charge in [-0.1, -0.05) is 42.4 Å². The third-order valence-electron chi connectivity index (χ3n) is 4.83. The average Bonchev–Trinajstić information content (AvgIpc) is 2.82. The number of hydrogen-bond donors (Lipinski definition) is 0. The van der Waals surface area contributed by atoms with E-state index in [4.69, 9.17) is 4.74 Å². The number of ether oxygens (including phenoxy) is 1. The van der Waals surface area contributed by atoms with Crippen LogP contribution in [0.4, 0.5) is 17.6 Å². The minimum absolute atomic E-state index is 0.0621. The molecule has 4 rings (SSSR count). The Labute approximate surface area is 194 Å². The summed E-state index contributed by atoms with van der Waals surface area (Å²) in [7, 11) is 0. The maximum absolute atomic E-state index is 14.2. The van der Waals surface area contributed by atoms with Gasteiger partial charge in [-0.3, -0.25) is 0 Å². The highest BCUT2D eigenvalue weighted by molar-refractivity contribution is 5.84. The second-order valence-electron chi connectivity index (χ2n) is 7.27. The molecule has 0 aliphatic rings. The first kappa shape index (κ1) is 22.7. The van der Waals surface area contributed by atoms with Crippen molar-refractivity contribution in [2.24, 2.45) is 0 Å². The molecule has 0 saturated heterocycles. The maximum atomic E-state index is 14.2. The van der Waals surface area contributed by atoms with E-state index >= 15 is 0 Å². The molecular formula is C29H16F4O. The standard InChI is InChI=1S/C29H16F4O/c1-2-13-34-24-17-26(30)25(27(31)18-24)12-10-20-5-3-19(4-6-20)7-8-21-9-11-22-15-28(32)29(33)16-23(22)14-21/h2-6,9,11,14-18H,1,13H2. The van der Waals surface area contributed by atoms with Crippen molar-refractivity contribution in [3.05, 3.63) is 125 Å². The van der Waals surface area contributed by atoms with E-state index in [0.717, 1.165) is 24.3 Å². The van der Waals surface area contributed by atoms with Gasteiger partial charge in [0.05, 0.1) is 5.56 Å². The van der Waals surface area contributed by atoms with Crippen molar-refractivity contribution in [1.82, 2.24) is 0 Å². The molecule has 0 spiro atoms. The van der Waals surface area contributed by atoms with Crippen molar-refractivity contribution in [3.8, 4) is 29.4 Å². The molecule has 5 heteroatoms. The zero-order valence-electron chi connectivity index (χ0n) is 17.8. The first-order valence-electron chi connectivity index (χ1n) is 10.2. The third-order valence-corrected chi connectivity index (χ3v) is 4.83. The van der Waals surface area contributed by atoms with Gasteiger partial charge in [-0.05, 0) is 59.3 Å². The topological polar surface area (TPSA) is 9.23 Å². The maximum Gasteiger partial charge on any atom is 0.159 e. The van der Waals surface area contributed by atoms with Gasteiger partial charge in [0.15, 0.2) is 11.6 Å². The number of fused-ring (bicyclic) bond motifs is 1. The monoisotopic (exact) mass is 456 g/mol. The Balaban J connectivity index is 1.51. The van der Waals surface area contributed by atoms with Crippen LogP contribution in [0.1, 0.15) is 22.3 Å². The highest BCUT2D eigenvalue weighted by atomic mass is 19.2. The van der Waals surface area contributed by atoms with Gasteiger partial charge in [-0.2, -0.15) is 0 Å². The van der Waals surface area contributed by atoms with Crippen LogP contribution in [0, 0.1) is 47.0 Å². The molecule has 0 saturated carbocycles. The van der Waals surface area contributed by atoms with Crippen molar-refractivity contribution in [2.75, 3.05) is 6.61 Å². The molecule has 0 aromatic heterocycles. The van der Waals surface area contributed by atoms with Crippen molar-refractivity contribution in [1.29, 1.82) is 0 Å². The zero-order chi connectivity index (χ0) is 24.1. The first-order chi connectivity index (χ1) is 16.4. The minimum atomic E-state index is -0.911. The molecule has 0 amide bonds. The van der Waals surface area contributed by atoms with Crippen LogP contribution < -0.4 is 4.74 Å². The summed E-state index contributed by atoms with van der Waals surface area (Å²) in [5.41, 5.74) is 1.55. The Hall–Kier alpha value is -4.48. The molecule has 34 heavy (non-hydrogen) atoms.